The molecule has 0 bridgehead atoms. The molecule has 4 nitrogen and oxygen atoms in total. The van der Waals surface area contributed by atoms with E-state index in [9.17, 15) is 4.79 Å². The van der Waals surface area contributed by atoms with Crippen LogP contribution in [-0.2, 0) is 11.2 Å². The van der Waals surface area contributed by atoms with Gasteiger partial charge in [0, 0.05) is 19.0 Å². The van der Waals surface area contributed by atoms with E-state index in [0.29, 0.717) is 19.4 Å². The van der Waals surface area contributed by atoms with Gasteiger partial charge in [-0.15, -0.1) is 0 Å². The van der Waals surface area contributed by atoms with Gasteiger partial charge in [0.2, 0.25) is 5.91 Å². The number of rotatable bonds is 6. The lowest BCUT2D eigenvalue weighted by atomic mass is 10.1. The van der Waals surface area contributed by atoms with Crippen molar-refractivity contribution < 1.29 is 9.53 Å². The lowest BCUT2D eigenvalue weighted by Gasteiger charge is -2.12. The molecule has 0 aliphatic heterocycles. The zero-order valence-corrected chi connectivity index (χ0v) is 11.3. The van der Waals surface area contributed by atoms with E-state index in [1.807, 2.05) is 26.0 Å². The van der Waals surface area contributed by atoms with Crippen molar-refractivity contribution >= 4 is 5.91 Å². The first-order valence-electron chi connectivity index (χ1n) is 6.19. The second kappa shape index (κ2) is 7.01. The monoisotopic (exact) mass is 250 g/mol. The molecule has 1 atom stereocenters. The molecule has 1 aromatic carbocycles. The van der Waals surface area contributed by atoms with Crippen molar-refractivity contribution in [1.82, 2.24) is 5.32 Å². The maximum atomic E-state index is 11.7. The Morgan fingerprint density at radius 3 is 2.83 bits per heavy atom. The van der Waals surface area contributed by atoms with Crippen LogP contribution in [0.3, 0.4) is 0 Å². The van der Waals surface area contributed by atoms with Crippen molar-refractivity contribution in [3.8, 4) is 5.75 Å². The Morgan fingerprint density at radius 1 is 1.50 bits per heavy atom. The van der Waals surface area contributed by atoms with E-state index in [-0.39, 0.29) is 11.9 Å². The van der Waals surface area contributed by atoms with Crippen LogP contribution in [0.25, 0.3) is 0 Å². The summed E-state index contributed by atoms with van der Waals surface area (Å²) in [5.41, 5.74) is 7.69. The van der Waals surface area contributed by atoms with Gasteiger partial charge < -0.3 is 15.8 Å². The lowest BCUT2D eigenvalue weighted by molar-refractivity contribution is -0.121. The van der Waals surface area contributed by atoms with Crippen LogP contribution in [0, 0.1) is 6.92 Å². The van der Waals surface area contributed by atoms with E-state index >= 15 is 0 Å². The van der Waals surface area contributed by atoms with Gasteiger partial charge >= 0.3 is 0 Å². The number of carbonyl (C=O) groups is 1. The summed E-state index contributed by atoms with van der Waals surface area (Å²) in [5, 5.41) is 2.85. The molecule has 1 aromatic rings. The Morgan fingerprint density at radius 2 is 2.22 bits per heavy atom. The number of ether oxygens (including phenoxy) is 1. The third-order valence-electron chi connectivity index (χ3n) is 2.82. The molecular formula is C14H22N2O2. The zero-order valence-electron chi connectivity index (χ0n) is 11.3. The molecule has 0 aliphatic carbocycles. The summed E-state index contributed by atoms with van der Waals surface area (Å²) in [6.07, 6.45) is 1.12. The van der Waals surface area contributed by atoms with Gasteiger partial charge in [-0.2, -0.15) is 0 Å². The van der Waals surface area contributed by atoms with Gasteiger partial charge in [-0.25, -0.2) is 0 Å². The quantitative estimate of drug-likeness (QED) is 0.802. The maximum Gasteiger partial charge on any atom is 0.220 e. The van der Waals surface area contributed by atoms with Crippen LogP contribution in [0.5, 0.6) is 5.75 Å². The molecule has 3 N–H and O–H groups in total. The van der Waals surface area contributed by atoms with Crippen LogP contribution in [0.15, 0.2) is 18.2 Å². The largest absolute Gasteiger partial charge is 0.496 e. The highest BCUT2D eigenvalue weighted by Gasteiger charge is 2.08. The first-order chi connectivity index (χ1) is 8.56. The van der Waals surface area contributed by atoms with Crippen molar-refractivity contribution in [2.45, 2.75) is 32.7 Å². The SMILES string of the molecule is COc1ccc(C)cc1CCC(=O)NC(C)CN. The molecule has 0 aliphatic rings. The molecule has 0 aromatic heterocycles. The summed E-state index contributed by atoms with van der Waals surface area (Å²) in [4.78, 5) is 11.7. The standard InChI is InChI=1S/C14H22N2O2/c1-10-4-6-13(18-3)12(8-10)5-7-14(17)16-11(2)9-15/h4,6,8,11H,5,7,9,15H2,1-3H3,(H,16,17). The van der Waals surface area contributed by atoms with Gasteiger partial charge in [0.1, 0.15) is 5.75 Å². The number of nitrogens with one attached hydrogen (secondary N) is 1. The lowest BCUT2D eigenvalue weighted by Crippen LogP contribution is -2.37. The highest BCUT2D eigenvalue weighted by atomic mass is 16.5. The molecule has 0 saturated carbocycles. The summed E-state index contributed by atoms with van der Waals surface area (Å²) in [7, 11) is 1.64. The number of amides is 1. The minimum atomic E-state index is 0.0245. The summed E-state index contributed by atoms with van der Waals surface area (Å²) in [6, 6.07) is 6.01. The molecule has 1 rings (SSSR count). The van der Waals surface area contributed by atoms with Gasteiger partial charge in [0.05, 0.1) is 7.11 Å². The minimum Gasteiger partial charge on any atom is -0.496 e. The molecule has 0 saturated heterocycles. The Labute approximate surface area is 109 Å². The maximum absolute atomic E-state index is 11.7. The van der Waals surface area contributed by atoms with Crippen LogP contribution >= 0.6 is 0 Å². The average Bonchev–Trinajstić information content (AvgIpc) is 2.36. The molecule has 0 spiro atoms. The fourth-order valence-electron chi connectivity index (χ4n) is 1.76. The second-order valence-electron chi connectivity index (χ2n) is 4.52. The molecule has 4 heteroatoms. The number of methoxy groups -OCH3 is 1. The molecule has 0 heterocycles. The van der Waals surface area contributed by atoms with Gasteiger partial charge in [0.25, 0.3) is 0 Å². The van der Waals surface area contributed by atoms with E-state index < -0.39 is 0 Å². The third-order valence-corrected chi connectivity index (χ3v) is 2.82. The van der Waals surface area contributed by atoms with Crippen molar-refractivity contribution in [3.05, 3.63) is 29.3 Å². The zero-order chi connectivity index (χ0) is 13.5. The fourth-order valence-corrected chi connectivity index (χ4v) is 1.76. The fraction of sp³-hybridized carbons (Fsp3) is 0.500. The Hall–Kier alpha value is -1.55. The smallest absolute Gasteiger partial charge is 0.220 e. The average molecular weight is 250 g/mol. The number of hydrogen-bond donors (Lipinski definition) is 2. The van der Waals surface area contributed by atoms with Crippen LogP contribution in [0.2, 0.25) is 0 Å². The predicted octanol–water partition coefficient (Wildman–Crippen LogP) is 1.40. The van der Waals surface area contributed by atoms with Gasteiger partial charge in [0.15, 0.2) is 0 Å². The Bertz CT molecular complexity index is 405. The summed E-state index contributed by atoms with van der Waals surface area (Å²) >= 11 is 0. The van der Waals surface area contributed by atoms with E-state index in [4.69, 9.17) is 10.5 Å². The molecular weight excluding hydrogens is 228 g/mol. The minimum absolute atomic E-state index is 0.0245. The van der Waals surface area contributed by atoms with Gasteiger partial charge in [-0.3, -0.25) is 4.79 Å². The van der Waals surface area contributed by atoms with Crippen LogP contribution in [-0.4, -0.2) is 25.6 Å². The van der Waals surface area contributed by atoms with Crippen LogP contribution < -0.4 is 15.8 Å². The molecule has 0 radical (unpaired) electrons. The van der Waals surface area contributed by atoms with Crippen molar-refractivity contribution in [1.29, 1.82) is 0 Å². The third kappa shape index (κ3) is 4.37. The topological polar surface area (TPSA) is 64.3 Å². The highest BCUT2D eigenvalue weighted by Crippen LogP contribution is 2.20. The predicted molar refractivity (Wildman–Crippen MR) is 72.7 cm³/mol. The Kier molecular flexibility index (Phi) is 5.65. The highest BCUT2D eigenvalue weighted by molar-refractivity contribution is 5.76. The summed E-state index contributed by atoms with van der Waals surface area (Å²) in [5.74, 6) is 0.858. The first-order valence-corrected chi connectivity index (χ1v) is 6.19. The number of hydrogen-bond acceptors (Lipinski definition) is 3. The summed E-state index contributed by atoms with van der Waals surface area (Å²) < 4.78 is 5.28. The first kappa shape index (κ1) is 14.5. The van der Waals surface area contributed by atoms with E-state index in [1.54, 1.807) is 7.11 Å². The van der Waals surface area contributed by atoms with Gasteiger partial charge in [-0.05, 0) is 31.9 Å². The second-order valence-corrected chi connectivity index (χ2v) is 4.52. The molecule has 0 fully saturated rings. The number of nitrogens with two attached hydrogens (primary N) is 1. The van der Waals surface area contributed by atoms with E-state index in [0.717, 1.165) is 11.3 Å². The van der Waals surface area contributed by atoms with E-state index in [1.165, 1.54) is 5.56 Å². The van der Waals surface area contributed by atoms with Crippen LogP contribution in [0.4, 0.5) is 0 Å². The van der Waals surface area contributed by atoms with Crippen molar-refractivity contribution in [3.63, 3.8) is 0 Å². The normalized spacial score (nSPS) is 12.0. The van der Waals surface area contributed by atoms with E-state index in [2.05, 4.69) is 11.4 Å². The molecule has 1 unspecified atom stereocenters. The summed E-state index contributed by atoms with van der Waals surface area (Å²) in [6.45, 7) is 4.38. The number of aryl methyl sites for hydroxylation is 2. The van der Waals surface area contributed by atoms with Crippen molar-refractivity contribution in [2.24, 2.45) is 5.73 Å². The molecule has 100 valence electrons. The number of carbonyl (C=O) groups excluding carboxylic acids is 1. The molecule has 18 heavy (non-hydrogen) atoms. The van der Waals surface area contributed by atoms with Crippen LogP contribution in [0.1, 0.15) is 24.5 Å². The number of benzene rings is 1. The molecule has 1 amide bonds. The van der Waals surface area contributed by atoms with Gasteiger partial charge in [-0.1, -0.05) is 17.7 Å². The van der Waals surface area contributed by atoms with Crippen molar-refractivity contribution in [2.75, 3.05) is 13.7 Å². The Balaban J connectivity index is 2.57.